The van der Waals surface area contributed by atoms with E-state index in [1.54, 1.807) is 60.3 Å². The van der Waals surface area contributed by atoms with E-state index in [4.69, 9.17) is 0 Å². The molecule has 0 unspecified atom stereocenters. The summed E-state index contributed by atoms with van der Waals surface area (Å²) in [7, 11) is 1.76. The summed E-state index contributed by atoms with van der Waals surface area (Å²) in [5.41, 5.74) is 1.82. The average Bonchev–Trinajstić information content (AvgIpc) is 3.31. The van der Waals surface area contributed by atoms with E-state index >= 15 is 0 Å². The molecule has 0 radical (unpaired) electrons. The van der Waals surface area contributed by atoms with Crippen molar-refractivity contribution in [2.45, 2.75) is 0 Å². The van der Waals surface area contributed by atoms with E-state index < -0.39 is 11.7 Å². The minimum atomic E-state index is -0.492. The molecular weight excluding hydrogens is 380 g/mol. The van der Waals surface area contributed by atoms with Crippen LogP contribution in [0, 0.1) is 11.6 Å². The third-order valence-corrected chi connectivity index (χ3v) is 5.34. The van der Waals surface area contributed by atoms with Gasteiger partial charge in [0.1, 0.15) is 11.6 Å². The van der Waals surface area contributed by atoms with E-state index in [0.717, 1.165) is 10.6 Å². The van der Waals surface area contributed by atoms with E-state index in [9.17, 15) is 13.6 Å². The molecule has 0 saturated heterocycles. The Kier molecular flexibility index (Phi) is 4.75. The standard InChI is InChI=1S/C21H15F2N3OS/c1-26-18(12-17(25-26)13-6-2-3-7-14(13)22)19-10-11-20(28-19)21(27)24-16-9-5-4-8-15(16)23/h2-12H,1H3,(H,24,27). The zero-order chi connectivity index (χ0) is 19.7. The predicted octanol–water partition coefficient (Wildman–Crippen LogP) is 5.35. The first-order valence-electron chi connectivity index (χ1n) is 8.48. The Hall–Kier alpha value is -3.32. The second-order valence-electron chi connectivity index (χ2n) is 6.12. The molecule has 28 heavy (non-hydrogen) atoms. The molecule has 4 nitrogen and oxygen atoms in total. The van der Waals surface area contributed by atoms with Gasteiger partial charge >= 0.3 is 0 Å². The first-order valence-corrected chi connectivity index (χ1v) is 9.29. The van der Waals surface area contributed by atoms with Crippen LogP contribution in [0.1, 0.15) is 9.67 Å². The molecule has 1 amide bonds. The maximum atomic E-state index is 14.0. The van der Waals surface area contributed by atoms with E-state index in [1.807, 2.05) is 0 Å². The zero-order valence-corrected chi connectivity index (χ0v) is 15.6. The number of nitrogens with one attached hydrogen (secondary N) is 1. The Morgan fingerprint density at radius 1 is 1.00 bits per heavy atom. The molecule has 0 aliphatic rings. The van der Waals surface area contributed by atoms with Crippen LogP contribution in [0.15, 0.2) is 66.7 Å². The summed E-state index contributed by atoms with van der Waals surface area (Å²) in [5.74, 6) is -1.23. The summed E-state index contributed by atoms with van der Waals surface area (Å²) in [4.78, 5) is 13.7. The lowest BCUT2D eigenvalue weighted by molar-refractivity contribution is 0.103. The van der Waals surface area contributed by atoms with E-state index in [0.29, 0.717) is 16.1 Å². The third-order valence-electron chi connectivity index (χ3n) is 4.23. The number of rotatable bonds is 4. The highest BCUT2D eigenvalue weighted by atomic mass is 32.1. The summed E-state index contributed by atoms with van der Waals surface area (Å²) in [6.45, 7) is 0. The molecule has 0 atom stereocenters. The largest absolute Gasteiger partial charge is 0.319 e. The van der Waals surface area contributed by atoms with Gasteiger partial charge in [-0.15, -0.1) is 11.3 Å². The highest BCUT2D eigenvalue weighted by Crippen LogP contribution is 2.32. The number of hydrogen-bond acceptors (Lipinski definition) is 3. The predicted molar refractivity (Wildman–Crippen MR) is 106 cm³/mol. The van der Waals surface area contributed by atoms with Crippen molar-refractivity contribution in [3.05, 3.63) is 83.2 Å². The van der Waals surface area contributed by atoms with Gasteiger partial charge in [-0.1, -0.05) is 24.3 Å². The zero-order valence-electron chi connectivity index (χ0n) is 14.8. The Morgan fingerprint density at radius 3 is 2.46 bits per heavy atom. The highest BCUT2D eigenvalue weighted by molar-refractivity contribution is 7.17. The Labute approximate surface area is 164 Å². The van der Waals surface area contributed by atoms with E-state index in [1.165, 1.54) is 29.5 Å². The monoisotopic (exact) mass is 395 g/mol. The van der Waals surface area contributed by atoms with Crippen LogP contribution in [0.4, 0.5) is 14.5 Å². The second kappa shape index (κ2) is 7.36. The molecule has 4 aromatic rings. The Morgan fingerprint density at radius 2 is 1.71 bits per heavy atom. The number of amides is 1. The van der Waals surface area contributed by atoms with Crippen molar-refractivity contribution in [2.75, 3.05) is 5.32 Å². The second-order valence-corrected chi connectivity index (χ2v) is 7.20. The number of thiophene rings is 1. The van der Waals surface area contributed by atoms with Gasteiger partial charge in [0.2, 0.25) is 0 Å². The van der Waals surface area contributed by atoms with Crippen LogP contribution in [0.25, 0.3) is 21.8 Å². The molecule has 0 fully saturated rings. The maximum absolute atomic E-state index is 14.0. The molecule has 0 saturated carbocycles. The number of nitrogens with zero attached hydrogens (tertiary/aromatic N) is 2. The molecular formula is C21H15F2N3OS. The molecule has 1 N–H and O–H groups in total. The molecule has 4 rings (SSSR count). The minimum absolute atomic E-state index is 0.129. The van der Waals surface area contributed by atoms with Gasteiger partial charge in [0.25, 0.3) is 5.91 Å². The first kappa shape index (κ1) is 18.1. The molecule has 140 valence electrons. The van der Waals surface area contributed by atoms with Crippen LogP contribution < -0.4 is 5.32 Å². The summed E-state index contributed by atoms with van der Waals surface area (Å²) >= 11 is 1.26. The van der Waals surface area contributed by atoms with Crippen LogP contribution in [-0.4, -0.2) is 15.7 Å². The van der Waals surface area contributed by atoms with Crippen LogP contribution in [0.2, 0.25) is 0 Å². The molecule has 2 aromatic carbocycles. The van der Waals surface area contributed by atoms with E-state index in [-0.39, 0.29) is 11.5 Å². The van der Waals surface area contributed by atoms with E-state index in [2.05, 4.69) is 10.4 Å². The first-order chi connectivity index (χ1) is 13.5. The summed E-state index contributed by atoms with van der Waals surface area (Å²) in [6, 6.07) is 17.7. The van der Waals surface area contributed by atoms with Crippen molar-refractivity contribution in [1.29, 1.82) is 0 Å². The van der Waals surface area contributed by atoms with Gasteiger partial charge < -0.3 is 5.32 Å². The van der Waals surface area contributed by atoms with Crippen LogP contribution in [-0.2, 0) is 7.05 Å². The smallest absolute Gasteiger partial charge is 0.265 e. The van der Waals surface area contributed by atoms with Crippen LogP contribution >= 0.6 is 11.3 Å². The SMILES string of the molecule is Cn1nc(-c2ccccc2F)cc1-c1ccc(C(=O)Nc2ccccc2F)s1. The van der Waals surface area contributed by atoms with Crippen LogP contribution in [0.3, 0.4) is 0 Å². The lowest BCUT2D eigenvalue weighted by Gasteiger charge is -2.04. The number of aromatic nitrogens is 2. The lowest BCUT2D eigenvalue weighted by Crippen LogP contribution is -2.11. The molecule has 2 aromatic heterocycles. The fourth-order valence-corrected chi connectivity index (χ4v) is 3.79. The van der Waals surface area contributed by atoms with Gasteiger partial charge in [0, 0.05) is 12.6 Å². The quantitative estimate of drug-likeness (QED) is 0.507. The van der Waals surface area contributed by atoms with Gasteiger partial charge in [-0.25, -0.2) is 8.78 Å². The van der Waals surface area contributed by atoms with Gasteiger partial charge in [-0.05, 0) is 42.5 Å². The summed E-state index contributed by atoms with van der Waals surface area (Å²) in [6.07, 6.45) is 0. The van der Waals surface area contributed by atoms with Crippen molar-refractivity contribution in [3.63, 3.8) is 0 Å². The number of anilines is 1. The number of hydrogen-bond donors (Lipinski definition) is 1. The molecule has 0 bridgehead atoms. The van der Waals surface area contributed by atoms with Crippen molar-refractivity contribution < 1.29 is 13.6 Å². The van der Waals surface area contributed by atoms with Crippen molar-refractivity contribution >= 4 is 22.9 Å². The Bertz CT molecular complexity index is 1170. The third kappa shape index (κ3) is 3.44. The fraction of sp³-hybridized carbons (Fsp3) is 0.0476. The van der Waals surface area contributed by atoms with Gasteiger partial charge in [-0.3, -0.25) is 9.48 Å². The van der Waals surface area contributed by atoms with Gasteiger partial charge in [0.05, 0.1) is 26.8 Å². The number of para-hydroxylation sites is 1. The van der Waals surface area contributed by atoms with Gasteiger partial charge in [0.15, 0.2) is 0 Å². The number of benzene rings is 2. The van der Waals surface area contributed by atoms with Crippen molar-refractivity contribution in [1.82, 2.24) is 9.78 Å². The molecule has 2 heterocycles. The normalized spacial score (nSPS) is 10.8. The Balaban J connectivity index is 1.60. The lowest BCUT2D eigenvalue weighted by atomic mass is 10.1. The molecule has 0 spiro atoms. The summed E-state index contributed by atoms with van der Waals surface area (Å²) < 4.78 is 29.4. The number of halogens is 2. The number of carbonyl (C=O) groups is 1. The fourth-order valence-electron chi connectivity index (χ4n) is 2.84. The molecule has 7 heteroatoms. The highest BCUT2D eigenvalue weighted by Gasteiger charge is 2.16. The molecule has 0 aliphatic carbocycles. The van der Waals surface area contributed by atoms with Gasteiger partial charge in [-0.2, -0.15) is 5.10 Å². The molecule has 0 aliphatic heterocycles. The number of carbonyl (C=O) groups excluding carboxylic acids is 1. The van der Waals surface area contributed by atoms with Crippen LogP contribution in [0.5, 0.6) is 0 Å². The average molecular weight is 395 g/mol. The topological polar surface area (TPSA) is 46.9 Å². The summed E-state index contributed by atoms with van der Waals surface area (Å²) in [5, 5.41) is 6.95. The minimum Gasteiger partial charge on any atom is -0.319 e. The van der Waals surface area contributed by atoms with Crippen molar-refractivity contribution in [2.24, 2.45) is 7.05 Å². The maximum Gasteiger partial charge on any atom is 0.265 e. The number of aryl methyl sites for hydroxylation is 1. The van der Waals surface area contributed by atoms with Crippen molar-refractivity contribution in [3.8, 4) is 21.8 Å².